The molecule has 3 nitrogen and oxygen atoms in total. The van der Waals surface area contributed by atoms with Gasteiger partial charge in [0.25, 0.3) is 0 Å². The lowest BCUT2D eigenvalue weighted by Gasteiger charge is -2.18. The third kappa shape index (κ3) is 4.32. The molecule has 4 heteroatoms. The molecule has 0 saturated carbocycles. The number of ether oxygens (including phenoxy) is 2. The van der Waals surface area contributed by atoms with E-state index in [-0.39, 0.29) is 0 Å². The van der Waals surface area contributed by atoms with E-state index in [1.54, 1.807) is 7.11 Å². The maximum absolute atomic E-state index is 5.80. The Morgan fingerprint density at radius 1 is 1.37 bits per heavy atom. The molecule has 2 atom stereocenters. The van der Waals surface area contributed by atoms with Crippen LogP contribution in [0.4, 0.5) is 5.69 Å². The van der Waals surface area contributed by atoms with E-state index in [0.717, 1.165) is 16.7 Å². The summed E-state index contributed by atoms with van der Waals surface area (Å²) in [5, 5.41) is 4.36. The van der Waals surface area contributed by atoms with Gasteiger partial charge in [-0.1, -0.05) is 13.0 Å². The Morgan fingerprint density at radius 3 is 2.89 bits per heavy atom. The van der Waals surface area contributed by atoms with Gasteiger partial charge in [0, 0.05) is 24.2 Å². The van der Waals surface area contributed by atoms with E-state index in [4.69, 9.17) is 9.47 Å². The molecule has 1 N–H and O–H groups in total. The molecule has 1 aliphatic rings. The Bertz CT molecular complexity index is 411. The molecule has 106 valence electrons. The van der Waals surface area contributed by atoms with Crippen LogP contribution in [0, 0.1) is 6.92 Å². The van der Waals surface area contributed by atoms with Crippen molar-refractivity contribution in [1.82, 2.24) is 0 Å². The lowest BCUT2D eigenvalue weighted by Crippen LogP contribution is -2.19. The lowest BCUT2D eigenvalue weighted by atomic mass is 10.1. The summed E-state index contributed by atoms with van der Waals surface area (Å²) in [5.41, 5.74) is 2.31. The van der Waals surface area contributed by atoms with E-state index >= 15 is 0 Å². The van der Waals surface area contributed by atoms with Crippen LogP contribution in [0.25, 0.3) is 0 Å². The zero-order chi connectivity index (χ0) is 13.7. The highest BCUT2D eigenvalue weighted by molar-refractivity contribution is 8.00. The van der Waals surface area contributed by atoms with Gasteiger partial charge in [-0.05, 0) is 31.0 Å². The molecule has 1 aromatic carbocycles. The number of nitrogens with one attached hydrogen (secondary N) is 1. The molecule has 0 radical (unpaired) electrons. The zero-order valence-electron chi connectivity index (χ0n) is 11.9. The Balaban J connectivity index is 2.01. The first kappa shape index (κ1) is 14.5. The summed E-state index contributed by atoms with van der Waals surface area (Å²) in [6, 6.07) is 6.87. The number of rotatable bonds is 6. The van der Waals surface area contributed by atoms with Gasteiger partial charge < -0.3 is 14.8 Å². The number of benzene rings is 1. The van der Waals surface area contributed by atoms with Gasteiger partial charge >= 0.3 is 0 Å². The minimum Gasteiger partial charge on any atom is -0.489 e. The van der Waals surface area contributed by atoms with Crippen LogP contribution >= 0.6 is 11.8 Å². The number of anilines is 1. The normalized spacial score (nSPS) is 22.5. The Hall–Kier alpha value is -0.870. The van der Waals surface area contributed by atoms with Gasteiger partial charge in [-0.3, -0.25) is 0 Å². The van der Waals surface area contributed by atoms with Crippen LogP contribution in [0.2, 0.25) is 0 Å². The molecule has 0 bridgehead atoms. The molecular weight excluding hydrogens is 258 g/mol. The summed E-state index contributed by atoms with van der Waals surface area (Å²) in [6.45, 7) is 5.58. The summed E-state index contributed by atoms with van der Waals surface area (Å²) >= 11 is 2.03. The minimum absolute atomic E-state index is 0.549. The molecule has 19 heavy (non-hydrogen) atoms. The highest BCUT2D eigenvalue weighted by Gasteiger charge is 2.22. The van der Waals surface area contributed by atoms with E-state index < -0.39 is 0 Å². The van der Waals surface area contributed by atoms with Crippen molar-refractivity contribution < 1.29 is 9.47 Å². The first-order valence-electron chi connectivity index (χ1n) is 6.79. The van der Waals surface area contributed by atoms with Crippen molar-refractivity contribution in [2.24, 2.45) is 0 Å². The highest BCUT2D eigenvalue weighted by atomic mass is 32.2. The van der Waals surface area contributed by atoms with Crippen LogP contribution in [0.15, 0.2) is 18.2 Å². The molecule has 1 aromatic rings. The Labute approximate surface area is 120 Å². The van der Waals surface area contributed by atoms with Crippen LogP contribution in [0.3, 0.4) is 0 Å². The van der Waals surface area contributed by atoms with Gasteiger partial charge in [0.05, 0.1) is 12.3 Å². The van der Waals surface area contributed by atoms with Crippen molar-refractivity contribution >= 4 is 17.4 Å². The van der Waals surface area contributed by atoms with Gasteiger partial charge in [-0.15, -0.1) is 0 Å². The predicted octanol–water partition coefficient (Wildman–Crippen LogP) is 3.33. The van der Waals surface area contributed by atoms with E-state index in [9.17, 15) is 0 Å². The average molecular weight is 281 g/mol. The van der Waals surface area contributed by atoms with Crippen molar-refractivity contribution in [3.8, 4) is 5.75 Å². The average Bonchev–Trinajstić information content (AvgIpc) is 2.78. The molecule has 0 aromatic heterocycles. The van der Waals surface area contributed by atoms with Crippen LogP contribution in [-0.4, -0.2) is 37.4 Å². The van der Waals surface area contributed by atoms with Crippen molar-refractivity contribution in [2.75, 3.05) is 31.4 Å². The molecule has 1 fully saturated rings. The standard InChI is InChI=1S/C15H23NO2S/c1-11-4-5-14(15(8-11)18-7-6-17-3)16-13-9-12(2)19-10-13/h4-5,8,12-13,16H,6-7,9-10H2,1-3H3. The van der Waals surface area contributed by atoms with Crippen molar-refractivity contribution in [3.63, 3.8) is 0 Å². The third-order valence-corrected chi connectivity index (χ3v) is 4.60. The van der Waals surface area contributed by atoms with Crippen LogP contribution < -0.4 is 10.1 Å². The van der Waals surface area contributed by atoms with Gasteiger partial charge in [0.15, 0.2) is 0 Å². The number of hydrogen-bond acceptors (Lipinski definition) is 4. The smallest absolute Gasteiger partial charge is 0.142 e. The minimum atomic E-state index is 0.549. The highest BCUT2D eigenvalue weighted by Crippen LogP contribution is 2.32. The zero-order valence-corrected chi connectivity index (χ0v) is 12.8. The van der Waals surface area contributed by atoms with E-state index in [1.165, 1.54) is 17.7 Å². The maximum Gasteiger partial charge on any atom is 0.142 e. The van der Waals surface area contributed by atoms with Gasteiger partial charge in [0.1, 0.15) is 12.4 Å². The van der Waals surface area contributed by atoms with E-state index in [1.807, 2.05) is 11.8 Å². The molecule has 2 rings (SSSR count). The summed E-state index contributed by atoms with van der Waals surface area (Å²) in [7, 11) is 1.69. The van der Waals surface area contributed by atoms with Gasteiger partial charge in [-0.25, -0.2) is 0 Å². The van der Waals surface area contributed by atoms with Gasteiger partial charge in [-0.2, -0.15) is 11.8 Å². The van der Waals surface area contributed by atoms with Crippen molar-refractivity contribution in [3.05, 3.63) is 23.8 Å². The molecule has 0 amide bonds. The third-order valence-electron chi connectivity index (χ3n) is 3.24. The second-order valence-corrected chi connectivity index (χ2v) is 6.53. The van der Waals surface area contributed by atoms with E-state index in [0.29, 0.717) is 19.3 Å². The predicted molar refractivity (Wildman–Crippen MR) is 82.5 cm³/mol. The fourth-order valence-corrected chi connectivity index (χ4v) is 3.39. The van der Waals surface area contributed by atoms with Crippen LogP contribution in [0.5, 0.6) is 5.75 Å². The molecule has 1 aliphatic heterocycles. The van der Waals surface area contributed by atoms with E-state index in [2.05, 4.69) is 37.4 Å². The first-order chi connectivity index (χ1) is 9.19. The Morgan fingerprint density at radius 2 is 2.21 bits per heavy atom. The second-order valence-electron chi connectivity index (χ2n) is 5.06. The lowest BCUT2D eigenvalue weighted by molar-refractivity contribution is 0.146. The number of thioether (sulfide) groups is 1. The summed E-state index contributed by atoms with van der Waals surface area (Å²) < 4.78 is 10.8. The molecule has 0 spiro atoms. The second kappa shape index (κ2) is 7.06. The Kier molecular flexibility index (Phi) is 5.40. The maximum atomic E-state index is 5.80. The summed E-state index contributed by atoms with van der Waals surface area (Å²) in [5.74, 6) is 2.11. The summed E-state index contributed by atoms with van der Waals surface area (Å²) in [4.78, 5) is 0. The molecular formula is C15H23NO2S. The monoisotopic (exact) mass is 281 g/mol. The fraction of sp³-hybridized carbons (Fsp3) is 0.600. The molecule has 1 heterocycles. The van der Waals surface area contributed by atoms with Gasteiger partial charge in [0.2, 0.25) is 0 Å². The number of hydrogen-bond donors (Lipinski definition) is 1. The summed E-state index contributed by atoms with van der Waals surface area (Å²) in [6.07, 6.45) is 1.22. The van der Waals surface area contributed by atoms with Crippen LogP contribution in [0.1, 0.15) is 18.9 Å². The van der Waals surface area contributed by atoms with Crippen molar-refractivity contribution in [2.45, 2.75) is 31.6 Å². The fourth-order valence-electron chi connectivity index (χ4n) is 2.24. The SMILES string of the molecule is COCCOc1cc(C)ccc1NC1CSC(C)C1. The van der Waals surface area contributed by atoms with Crippen molar-refractivity contribution in [1.29, 1.82) is 0 Å². The quantitative estimate of drug-likeness (QED) is 0.810. The molecule has 2 unspecified atom stereocenters. The topological polar surface area (TPSA) is 30.5 Å². The largest absolute Gasteiger partial charge is 0.489 e. The van der Waals surface area contributed by atoms with Crippen LogP contribution in [-0.2, 0) is 4.74 Å². The number of methoxy groups -OCH3 is 1. The molecule has 1 saturated heterocycles. The number of aryl methyl sites for hydroxylation is 1. The molecule has 0 aliphatic carbocycles. The first-order valence-corrected chi connectivity index (χ1v) is 7.84.